The Morgan fingerprint density at radius 3 is 2.25 bits per heavy atom. The van der Waals surface area contributed by atoms with Crippen molar-refractivity contribution in [3.8, 4) is 0 Å². The molecular formula is C21H21FN3O3-. The van der Waals surface area contributed by atoms with Crippen molar-refractivity contribution in [1.82, 2.24) is 0 Å². The molecule has 0 aromatic heterocycles. The molecule has 0 radical (unpaired) electrons. The molecule has 1 heterocycles. The van der Waals surface area contributed by atoms with Gasteiger partial charge in [-0.25, -0.2) is 4.39 Å². The molecule has 2 aromatic rings. The number of nitrogens with one attached hydrogen (secondary N) is 1. The maximum Gasteiger partial charge on any atom is 0.251 e. The Morgan fingerprint density at radius 1 is 1.00 bits per heavy atom. The van der Waals surface area contributed by atoms with E-state index in [1.165, 1.54) is 19.1 Å². The smallest absolute Gasteiger partial charge is 0.251 e. The van der Waals surface area contributed by atoms with E-state index in [1.807, 2.05) is 18.2 Å². The number of carbonyl (C=O) groups excluding carboxylic acids is 2. The van der Waals surface area contributed by atoms with Crippen LogP contribution in [0.25, 0.3) is 0 Å². The van der Waals surface area contributed by atoms with Gasteiger partial charge in [0.2, 0.25) is 0 Å². The van der Waals surface area contributed by atoms with Gasteiger partial charge in [0, 0.05) is 37.4 Å². The van der Waals surface area contributed by atoms with Crippen LogP contribution in [0.2, 0.25) is 0 Å². The van der Waals surface area contributed by atoms with Crippen LogP contribution in [0.15, 0.2) is 60.2 Å². The topological polar surface area (TPSA) is 75.7 Å². The molecular weight excluding hydrogens is 361 g/mol. The van der Waals surface area contributed by atoms with Gasteiger partial charge in [-0.1, -0.05) is 12.1 Å². The number of benzene rings is 2. The van der Waals surface area contributed by atoms with Crippen molar-refractivity contribution in [2.24, 2.45) is 0 Å². The predicted molar refractivity (Wildman–Crippen MR) is 105 cm³/mol. The third-order valence-electron chi connectivity index (χ3n) is 4.66. The maximum atomic E-state index is 13.1. The number of rotatable bonds is 5. The van der Waals surface area contributed by atoms with Gasteiger partial charge >= 0.3 is 0 Å². The number of anilines is 3. The van der Waals surface area contributed by atoms with Gasteiger partial charge < -0.3 is 25.0 Å². The predicted octanol–water partition coefficient (Wildman–Crippen LogP) is 1.79. The average Bonchev–Trinajstić information content (AvgIpc) is 2.69. The van der Waals surface area contributed by atoms with Crippen LogP contribution in [0, 0.1) is 5.82 Å². The van der Waals surface area contributed by atoms with E-state index in [2.05, 4.69) is 15.1 Å². The molecule has 1 fully saturated rings. The first-order valence-corrected chi connectivity index (χ1v) is 8.99. The van der Waals surface area contributed by atoms with Gasteiger partial charge in [-0.05, 0) is 49.4 Å². The molecule has 0 bridgehead atoms. The van der Waals surface area contributed by atoms with Crippen LogP contribution >= 0.6 is 0 Å². The molecule has 146 valence electrons. The summed E-state index contributed by atoms with van der Waals surface area (Å²) < 4.78 is 13.1. The number of amides is 1. The van der Waals surface area contributed by atoms with Crippen molar-refractivity contribution < 1.29 is 19.1 Å². The van der Waals surface area contributed by atoms with Crippen LogP contribution in [-0.4, -0.2) is 38.1 Å². The fourth-order valence-electron chi connectivity index (χ4n) is 3.18. The van der Waals surface area contributed by atoms with Gasteiger partial charge in [0.15, 0.2) is 0 Å². The molecule has 0 spiro atoms. The largest absolute Gasteiger partial charge is 0.545 e. The Bertz CT molecular complexity index is 888. The molecule has 2 aromatic carbocycles. The van der Waals surface area contributed by atoms with Crippen LogP contribution in [0.4, 0.5) is 21.5 Å². The molecule has 0 unspecified atom stereocenters. The fraction of sp³-hybridized carbons (Fsp3) is 0.238. The second-order valence-corrected chi connectivity index (χ2v) is 6.57. The van der Waals surface area contributed by atoms with Crippen LogP contribution in [0.3, 0.4) is 0 Å². The number of aliphatic carboxylic acids is 1. The van der Waals surface area contributed by atoms with Gasteiger partial charge in [0.05, 0.1) is 17.3 Å². The standard InChI is InChI=1S/C21H22FN3O3/c1-15(14-20(26)27)21(28)23-18-4-2-3-5-19(18)25-12-10-24(11-13-25)17-8-6-16(22)7-9-17/h2-9,14H,10-13H2,1H3,(H,23,28)(H,26,27)/p-1/b15-14-. The first-order chi connectivity index (χ1) is 13.4. The number of hydrogen-bond donors (Lipinski definition) is 1. The van der Waals surface area contributed by atoms with Crippen LogP contribution in [0.1, 0.15) is 6.92 Å². The van der Waals surface area contributed by atoms with Crippen molar-refractivity contribution in [3.63, 3.8) is 0 Å². The second-order valence-electron chi connectivity index (χ2n) is 6.57. The van der Waals surface area contributed by atoms with Crippen LogP contribution < -0.4 is 20.2 Å². The van der Waals surface area contributed by atoms with Gasteiger partial charge in [-0.2, -0.15) is 0 Å². The molecule has 0 saturated carbocycles. The molecule has 1 saturated heterocycles. The lowest BCUT2D eigenvalue weighted by Crippen LogP contribution is -2.46. The summed E-state index contributed by atoms with van der Waals surface area (Å²) in [6, 6.07) is 13.8. The average molecular weight is 382 g/mol. The summed E-state index contributed by atoms with van der Waals surface area (Å²) >= 11 is 0. The summed E-state index contributed by atoms with van der Waals surface area (Å²) in [5.74, 6) is -2.14. The van der Waals surface area contributed by atoms with Crippen LogP contribution in [-0.2, 0) is 9.59 Å². The Morgan fingerprint density at radius 2 is 1.61 bits per heavy atom. The zero-order valence-corrected chi connectivity index (χ0v) is 15.5. The Labute approximate surface area is 162 Å². The minimum absolute atomic E-state index is 0.0657. The monoisotopic (exact) mass is 382 g/mol. The molecule has 1 N–H and O–H groups in total. The minimum atomic E-state index is -1.40. The van der Waals surface area contributed by atoms with Crippen molar-refractivity contribution >= 4 is 28.9 Å². The lowest BCUT2D eigenvalue weighted by molar-refractivity contribution is -0.297. The van der Waals surface area contributed by atoms with Crippen molar-refractivity contribution in [2.75, 3.05) is 41.3 Å². The molecule has 28 heavy (non-hydrogen) atoms. The maximum absolute atomic E-state index is 13.1. The molecule has 6 nitrogen and oxygen atoms in total. The third kappa shape index (κ3) is 4.68. The second kappa shape index (κ2) is 8.56. The van der Waals surface area contributed by atoms with E-state index in [-0.39, 0.29) is 11.4 Å². The van der Waals surface area contributed by atoms with E-state index in [4.69, 9.17) is 0 Å². The summed E-state index contributed by atoms with van der Waals surface area (Å²) in [6.45, 7) is 4.42. The number of carboxylic acids is 1. The number of piperazine rings is 1. The van der Waals surface area contributed by atoms with E-state index in [9.17, 15) is 19.1 Å². The molecule has 1 amide bonds. The minimum Gasteiger partial charge on any atom is -0.545 e. The van der Waals surface area contributed by atoms with Crippen LogP contribution in [0.5, 0.6) is 0 Å². The highest BCUT2D eigenvalue weighted by atomic mass is 19.1. The summed E-state index contributed by atoms with van der Waals surface area (Å²) in [4.78, 5) is 27.2. The molecule has 1 aliphatic heterocycles. The van der Waals surface area contributed by atoms with E-state index in [0.29, 0.717) is 5.69 Å². The number of carbonyl (C=O) groups is 2. The lowest BCUT2D eigenvalue weighted by Gasteiger charge is -2.38. The molecule has 0 atom stereocenters. The molecule has 1 aliphatic rings. The first kappa shape index (κ1) is 19.4. The normalized spacial score (nSPS) is 14.7. The zero-order chi connectivity index (χ0) is 20.1. The highest BCUT2D eigenvalue weighted by Gasteiger charge is 2.20. The number of halogens is 1. The van der Waals surface area contributed by atoms with Crippen molar-refractivity contribution in [1.29, 1.82) is 0 Å². The highest BCUT2D eigenvalue weighted by molar-refractivity contribution is 6.07. The summed E-state index contributed by atoms with van der Waals surface area (Å²) in [5.41, 5.74) is 2.53. The number of hydrogen-bond acceptors (Lipinski definition) is 5. The summed E-state index contributed by atoms with van der Waals surface area (Å²) in [7, 11) is 0. The van der Waals surface area contributed by atoms with Gasteiger partial charge in [0.1, 0.15) is 5.82 Å². The fourth-order valence-corrected chi connectivity index (χ4v) is 3.18. The van der Waals surface area contributed by atoms with E-state index >= 15 is 0 Å². The Balaban J connectivity index is 1.69. The molecule has 0 aliphatic carbocycles. The number of nitrogens with zero attached hydrogens (tertiary/aromatic N) is 2. The van der Waals surface area contributed by atoms with E-state index in [0.717, 1.165) is 43.6 Å². The lowest BCUT2D eigenvalue weighted by atomic mass is 10.2. The van der Waals surface area contributed by atoms with Crippen molar-refractivity contribution in [2.45, 2.75) is 6.92 Å². The first-order valence-electron chi connectivity index (χ1n) is 8.99. The van der Waals surface area contributed by atoms with Crippen molar-refractivity contribution in [3.05, 3.63) is 66.0 Å². The quantitative estimate of drug-likeness (QED) is 0.798. The Hall–Kier alpha value is -3.35. The number of para-hydroxylation sites is 2. The van der Waals surface area contributed by atoms with E-state index < -0.39 is 11.9 Å². The SMILES string of the molecule is C/C(=C/C(=O)[O-])C(=O)Nc1ccccc1N1CCN(c2ccc(F)cc2)CC1. The third-order valence-corrected chi connectivity index (χ3v) is 4.66. The summed E-state index contributed by atoms with van der Waals surface area (Å²) in [5, 5.41) is 13.4. The molecule has 3 rings (SSSR count). The highest BCUT2D eigenvalue weighted by Crippen LogP contribution is 2.28. The zero-order valence-electron chi connectivity index (χ0n) is 15.5. The molecule has 7 heteroatoms. The van der Waals surface area contributed by atoms with Gasteiger partial charge in [0.25, 0.3) is 5.91 Å². The number of carboxylic acid groups (broad SMARTS) is 1. The van der Waals surface area contributed by atoms with Gasteiger partial charge in [-0.15, -0.1) is 0 Å². The van der Waals surface area contributed by atoms with Gasteiger partial charge in [-0.3, -0.25) is 4.79 Å². The summed E-state index contributed by atoms with van der Waals surface area (Å²) in [6.07, 6.45) is 0.777. The Kier molecular flexibility index (Phi) is 5.93. The van der Waals surface area contributed by atoms with E-state index in [1.54, 1.807) is 18.2 Å².